The van der Waals surface area contributed by atoms with E-state index in [1.54, 1.807) is 38.1 Å². The van der Waals surface area contributed by atoms with Crippen LogP contribution in [-0.2, 0) is 20.0 Å². The normalized spacial score (nSPS) is 12.1. The van der Waals surface area contributed by atoms with Crippen LogP contribution in [0.4, 0.5) is 5.69 Å². The zero-order chi connectivity index (χ0) is 20.8. The average molecular weight is 427 g/mol. The van der Waals surface area contributed by atoms with Gasteiger partial charge in [-0.15, -0.1) is 0 Å². The maximum absolute atomic E-state index is 12.7. The molecule has 2 aromatic carbocycles. The van der Waals surface area contributed by atoms with Gasteiger partial charge in [-0.1, -0.05) is 32.9 Å². The van der Waals surface area contributed by atoms with E-state index in [1.165, 1.54) is 28.6 Å². The van der Waals surface area contributed by atoms with Crippen LogP contribution in [-0.4, -0.2) is 40.8 Å². The summed E-state index contributed by atoms with van der Waals surface area (Å²) in [6.45, 7) is 6.62. The van der Waals surface area contributed by atoms with E-state index < -0.39 is 20.0 Å². The summed E-state index contributed by atoms with van der Waals surface area (Å²) in [5.41, 5.74) is 0.329. The Hall–Kier alpha value is -2.10. The summed E-state index contributed by atoms with van der Waals surface area (Å²) in [6.07, 6.45) is 0.795. The van der Waals surface area contributed by atoms with Gasteiger partial charge in [-0.05, 0) is 42.8 Å². The fraction of sp³-hybridized carbons (Fsp3) is 0.368. The summed E-state index contributed by atoms with van der Waals surface area (Å²) in [7, 11) is -7.53. The van der Waals surface area contributed by atoms with Crippen molar-refractivity contribution >= 4 is 25.7 Å². The number of nitrogens with zero attached hydrogens (tertiary/aromatic N) is 1. The molecule has 0 atom stereocenters. The second-order valence-electron chi connectivity index (χ2n) is 6.01. The number of sulfonamides is 2. The molecule has 2 rings (SSSR count). The highest BCUT2D eigenvalue weighted by molar-refractivity contribution is 7.92. The molecular weight excluding hydrogens is 400 g/mol. The Morgan fingerprint density at radius 2 is 1.43 bits per heavy atom. The summed E-state index contributed by atoms with van der Waals surface area (Å²) in [4.78, 5) is 0.0260. The van der Waals surface area contributed by atoms with Gasteiger partial charge in [0.2, 0.25) is 10.0 Å². The second kappa shape index (κ2) is 9.40. The third-order valence-electron chi connectivity index (χ3n) is 4.07. The molecule has 7 nitrogen and oxygen atoms in total. The van der Waals surface area contributed by atoms with Crippen LogP contribution in [0.15, 0.2) is 58.3 Å². The fourth-order valence-electron chi connectivity index (χ4n) is 2.60. The predicted molar refractivity (Wildman–Crippen MR) is 110 cm³/mol. The van der Waals surface area contributed by atoms with E-state index in [2.05, 4.69) is 4.72 Å². The van der Waals surface area contributed by atoms with Crippen molar-refractivity contribution < 1.29 is 21.6 Å². The molecule has 0 aliphatic heterocycles. The second-order valence-corrected chi connectivity index (χ2v) is 9.63. The molecule has 1 N–H and O–H groups in total. The quantitative estimate of drug-likeness (QED) is 0.629. The first-order chi connectivity index (χ1) is 13.3. The standard InChI is InChI=1S/C19H26N2O5S2/c1-4-15-26-19-10-8-7-9-18(19)20-27(22,23)16-11-13-17(14-12-16)28(24,25)21(5-2)6-3/h7-14,20H,4-6,15H2,1-3H3. The van der Waals surface area contributed by atoms with Gasteiger partial charge < -0.3 is 4.74 Å². The number of nitrogens with one attached hydrogen (secondary N) is 1. The van der Waals surface area contributed by atoms with Crippen molar-refractivity contribution in [1.82, 2.24) is 4.31 Å². The number of benzene rings is 2. The van der Waals surface area contributed by atoms with E-state index in [0.717, 1.165) is 6.42 Å². The topological polar surface area (TPSA) is 92.8 Å². The fourth-order valence-corrected chi connectivity index (χ4v) is 5.12. The molecule has 0 bridgehead atoms. The van der Waals surface area contributed by atoms with E-state index >= 15 is 0 Å². The van der Waals surface area contributed by atoms with E-state index in [1.807, 2.05) is 6.92 Å². The molecule has 0 amide bonds. The van der Waals surface area contributed by atoms with Crippen molar-refractivity contribution in [3.8, 4) is 5.75 Å². The van der Waals surface area contributed by atoms with Crippen molar-refractivity contribution in [2.45, 2.75) is 37.0 Å². The molecule has 0 unspecified atom stereocenters. The highest BCUT2D eigenvalue weighted by atomic mass is 32.2. The summed E-state index contributed by atoms with van der Waals surface area (Å²) in [6, 6.07) is 12.0. The molecule has 0 heterocycles. The summed E-state index contributed by atoms with van der Waals surface area (Å²) in [5, 5.41) is 0. The Kier molecular flexibility index (Phi) is 7.45. The zero-order valence-electron chi connectivity index (χ0n) is 16.3. The number of hydrogen-bond acceptors (Lipinski definition) is 5. The first-order valence-corrected chi connectivity index (χ1v) is 12.0. The van der Waals surface area contributed by atoms with Gasteiger partial charge in [0.05, 0.1) is 22.1 Å². The molecule has 0 aliphatic rings. The maximum Gasteiger partial charge on any atom is 0.262 e. The SMILES string of the molecule is CCCOc1ccccc1NS(=O)(=O)c1ccc(S(=O)(=O)N(CC)CC)cc1. The average Bonchev–Trinajstić information content (AvgIpc) is 2.68. The van der Waals surface area contributed by atoms with Crippen molar-refractivity contribution in [2.24, 2.45) is 0 Å². The lowest BCUT2D eigenvalue weighted by atomic mass is 10.3. The van der Waals surface area contributed by atoms with Gasteiger partial charge in [-0.25, -0.2) is 16.8 Å². The largest absolute Gasteiger partial charge is 0.491 e. The molecule has 0 spiro atoms. The highest BCUT2D eigenvalue weighted by Crippen LogP contribution is 2.27. The zero-order valence-corrected chi connectivity index (χ0v) is 17.9. The summed E-state index contributed by atoms with van der Waals surface area (Å²) < 4.78 is 59.9. The third-order valence-corrected chi connectivity index (χ3v) is 7.52. The minimum absolute atomic E-state index is 0.0312. The lowest BCUT2D eigenvalue weighted by Gasteiger charge is -2.18. The Labute approximate surface area is 167 Å². The molecule has 0 fully saturated rings. The molecule has 0 saturated carbocycles. The molecule has 28 heavy (non-hydrogen) atoms. The van der Waals surface area contributed by atoms with Crippen LogP contribution in [0, 0.1) is 0 Å². The molecule has 0 aliphatic carbocycles. The minimum Gasteiger partial charge on any atom is -0.491 e. The molecule has 154 valence electrons. The van der Waals surface area contributed by atoms with Gasteiger partial charge in [0.15, 0.2) is 0 Å². The van der Waals surface area contributed by atoms with Crippen LogP contribution in [0.1, 0.15) is 27.2 Å². The van der Waals surface area contributed by atoms with Crippen LogP contribution in [0.25, 0.3) is 0 Å². The predicted octanol–water partition coefficient (Wildman–Crippen LogP) is 3.31. The monoisotopic (exact) mass is 426 g/mol. The molecule has 0 aromatic heterocycles. The number of para-hydroxylation sites is 2. The Morgan fingerprint density at radius 3 is 2.00 bits per heavy atom. The number of ether oxygens (including phenoxy) is 1. The van der Waals surface area contributed by atoms with Gasteiger partial charge >= 0.3 is 0 Å². The van der Waals surface area contributed by atoms with Crippen molar-refractivity contribution in [2.75, 3.05) is 24.4 Å². The van der Waals surface area contributed by atoms with Crippen LogP contribution in [0.3, 0.4) is 0 Å². The Morgan fingerprint density at radius 1 is 0.857 bits per heavy atom. The van der Waals surface area contributed by atoms with E-state index in [9.17, 15) is 16.8 Å². The van der Waals surface area contributed by atoms with Gasteiger partial charge in [-0.3, -0.25) is 4.72 Å². The molecule has 0 radical (unpaired) electrons. The molecular formula is C19H26N2O5S2. The number of anilines is 1. The van der Waals surface area contributed by atoms with Gasteiger partial charge in [0.25, 0.3) is 10.0 Å². The van der Waals surface area contributed by atoms with Gasteiger partial charge in [-0.2, -0.15) is 4.31 Å². The van der Waals surface area contributed by atoms with Gasteiger partial charge in [0, 0.05) is 13.1 Å². The smallest absolute Gasteiger partial charge is 0.262 e. The van der Waals surface area contributed by atoms with Crippen LogP contribution in [0.2, 0.25) is 0 Å². The van der Waals surface area contributed by atoms with E-state index in [-0.39, 0.29) is 9.79 Å². The first kappa shape index (κ1) is 22.2. The van der Waals surface area contributed by atoms with Crippen LogP contribution >= 0.6 is 0 Å². The van der Waals surface area contributed by atoms with Gasteiger partial charge in [0.1, 0.15) is 5.75 Å². The third kappa shape index (κ3) is 5.03. The van der Waals surface area contributed by atoms with E-state index in [0.29, 0.717) is 31.1 Å². The lowest BCUT2D eigenvalue weighted by molar-refractivity contribution is 0.319. The number of rotatable bonds is 10. The number of hydrogen-bond donors (Lipinski definition) is 1. The van der Waals surface area contributed by atoms with E-state index in [4.69, 9.17) is 4.74 Å². The minimum atomic E-state index is -3.89. The van der Waals surface area contributed by atoms with Crippen molar-refractivity contribution in [3.05, 3.63) is 48.5 Å². The first-order valence-electron chi connectivity index (χ1n) is 9.11. The van der Waals surface area contributed by atoms with Crippen LogP contribution in [0.5, 0.6) is 5.75 Å². The molecule has 9 heteroatoms. The lowest BCUT2D eigenvalue weighted by Crippen LogP contribution is -2.30. The highest BCUT2D eigenvalue weighted by Gasteiger charge is 2.23. The Bertz CT molecular complexity index is 983. The Balaban J connectivity index is 2.28. The molecule has 2 aromatic rings. The molecule has 0 saturated heterocycles. The maximum atomic E-state index is 12.7. The van der Waals surface area contributed by atoms with Crippen molar-refractivity contribution in [3.63, 3.8) is 0 Å². The van der Waals surface area contributed by atoms with Crippen LogP contribution < -0.4 is 9.46 Å². The summed E-state index contributed by atoms with van der Waals surface area (Å²) >= 11 is 0. The van der Waals surface area contributed by atoms with Crippen molar-refractivity contribution in [1.29, 1.82) is 0 Å². The summed E-state index contributed by atoms with van der Waals surface area (Å²) in [5.74, 6) is 0.439.